The van der Waals surface area contributed by atoms with E-state index in [2.05, 4.69) is 93.7 Å². The summed E-state index contributed by atoms with van der Waals surface area (Å²) in [5, 5.41) is 8.63. The van der Waals surface area contributed by atoms with Gasteiger partial charge >= 0.3 is 37.7 Å². The number of hydrogen-bond acceptors (Lipinski definition) is 3. The first-order valence-electron chi connectivity index (χ1n) is 8.82. The van der Waals surface area contributed by atoms with Crippen molar-refractivity contribution in [1.82, 2.24) is 16.0 Å². The fourth-order valence-corrected chi connectivity index (χ4v) is 5.58. The fourth-order valence-electron chi connectivity index (χ4n) is 2.00. The molecule has 0 fully saturated rings. The molecule has 0 aliphatic heterocycles. The Morgan fingerprint density at radius 3 is 1.30 bits per heavy atom. The molecule has 0 rings (SSSR count). The van der Waals surface area contributed by atoms with Gasteiger partial charge in [0.2, 0.25) is 0 Å². The van der Waals surface area contributed by atoms with Gasteiger partial charge in [0.05, 0.1) is 24.6 Å². The van der Waals surface area contributed by atoms with E-state index in [9.17, 15) is 0 Å². The Hall–Kier alpha value is 2.41. The van der Waals surface area contributed by atoms with E-state index in [0.717, 1.165) is 6.54 Å². The van der Waals surface area contributed by atoms with Gasteiger partial charge in [0.1, 0.15) is 13.0 Å². The van der Waals surface area contributed by atoms with Crippen molar-refractivity contribution in [3.8, 4) is 0 Å². The monoisotopic (exact) mass is 534 g/mol. The van der Waals surface area contributed by atoms with E-state index < -0.39 is 7.26 Å². The smallest absolute Gasteiger partial charge is 0.371 e. The van der Waals surface area contributed by atoms with Crippen LogP contribution in [0.25, 0.3) is 0 Å². The molecule has 0 aromatic rings. The van der Waals surface area contributed by atoms with Crippen molar-refractivity contribution in [3.05, 3.63) is 0 Å². The third-order valence-corrected chi connectivity index (χ3v) is 10.2. The molecule has 0 aromatic carbocycles. The van der Waals surface area contributed by atoms with Crippen molar-refractivity contribution in [2.45, 2.75) is 47.6 Å². The second kappa shape index (κ2) is 24.7. The Bertz CT molecular complexity index is 381. The SMILES string of the molecule is CC(CNC(=S)S)NC(=S)S.CCNC(=S)S.CC[P+](CC)(CC)CC.[Ca+2]. The fraction of sp³-hybridized carbons (Fsp3) is 0.812. The van der Waals surface area contributed by atoms with Gasteiger partial charge in [0, 0.05) is 26.4 Å². The second-order valence-electron chi connectivity index (χ2n) is 5.48. The van der Waals surface area contributed by atoms with Crippen LogP contribution in [0, 0.1) is 0 Å². The van der Waals surface area contributed by atoms with Crippen molar-refractivity contribution >= 4 is 133 Å². The maximum atomic E-state index is 4.73. The molecule has 156 valence electrons. The van der Waals surface area contributed by atoms with E-state index in [1.165, 1.54) is 24.6 Å². The summed E-state index contributed by atoms with van der Waals surface area (Å²) in [6, 6.07) is 0.213. The Morgan fingerprint density at radius 2 is 1.15 bits per heavy atom. The molecule has 11 heteroatoms. The second-order valence-corrected chi connectivity index (χ2v) is 14.2. The van der Waals surface area contributed by atoms with Gasteiger partial charge in [-0.05, 0) is 41.5 Å². The van der Waals surface area contributed by atoms with E-state index >= 15 is 0 Å². The third kappa shape index (κ3) is 28.4. The molecule has 0 aliphatic rings. The number of thiocarbonyl (C=S) groups is 3. The summed E-state index contributed by atoms with van der Waals surface area (Å²) in [6.45, 7) is 14.9. The van der Waals surface area contributed by atoms with Gasteiger partial charge in [-0.2, -0.15) is 0 Å². The van der Waals surface area contributed by atoms with Crippen LogP contribution in [0.3, 0.4) is 0 Å². The van der Waals surface area contributed by atoms with Crippen molar-refractivity contribution in [3.63, 3.8) is 0 Å². The Kier molecular flexibility index (Phi) is 33.6. The zero-order chi connectivity index (χ0) is 21.2. The normalized spacial score (nSPS) is 10.6. The first-order valence-corrected chi connectivity index (χ1v) is 13.9. The molecule has 1 unspecified atom stereocenters. The first kappa shape index (κ1) is 36.8. The van der Waals surface area contributed by atoms with E-state index in [1.54, 1.807) is 0 Å². The molecule has 3 N–H and O–H groups in total. The average Bonchev–Trinajstić information content (AvgIpc) is 2.56. The molecule has 0 spiro atoms. The predicted octanol–water partition coefficient (Wildman–Crippen LogP) is 4.50. The summed E-state index contributed by atoms with van der Waals surface area (Å²) in [4.78, 5) is 0. The van der Waals surface area contributed by atoms with Crippen molar-refractivity contribution < 1.29 is 0 Å². The number of thiol groups is 3. The topological polar surface area (TPSA) is 36.1 Å². The van der Waals surface area contributed by atoms with Gasteiger partial charge in [-0.25, -0.2) is 0 Å². The van der Waals surface area contributed by atoms with Crippen LogP contribution in [0.15, 0.2) is 0 Å². The molecule has 0 amide bonds. The molecule has 0 aromatic heterocycles. The molecule has 0 radical (unpaired) electrons. The summed E-state index contributed by atoms with van der Waals surface area (Å²) >= 11 is 25.6. The predicted molar refractivity (Wildman–Crippen MR) is 154 cm³/mol. The molecule has 0 bridgehead atoms. The molecule has 0 saturated carbocycles. The van der Waals surface area contributed by atoms with Crippen molar-refractivity contribution in [2.75, 3.05) is 37.7 Å². The van der Waals surface area contributed by atoms with Crippen LogP contribution in [0.2, 0.25) is 0 Å². The van der Waals surface area contributed by atoms with Gasteiger partial charge in [-0.1, -0.05) is 36.7 Å². The molecule has 27 heavy (non-hydrogen) atoms. The Labute approximate surface area is 231 Å². The van der Waals surface area contributed by atoms with Crippen LogP contribution >= 0.6 is 81.8 Å². The van der Waals surface area contributed by atoms with Gasteiger partial charge in [0.15, 0.2) is 0 Å². The van der Waals surface area contributed by atoms with Crippen molar-refractivity contribution in [2.24, 2.45) is 0 Å². The largest absolute Gasteiger partial charge is 2.00 e. The van der Waals surface area contributed by atoms with Crippen LogP contribution in [-0.2, 0) is 0 Å². The summed E-state index contributed by atoms with van der Waals surface area (Å²) in [7, 11) is -0.420. The molecule has 0 saturated heterocycles. The summed E-state index contributed by atoms with van der Waals surface area (Å²) in [5.41, 5.74) is 0. The minimum atomic E-state index is -0.420. The van der Waals surface area contributed by atoms with E-state index in [0.29, 0.717) is 19.5 Å². The van der Waals surface area contributed by atoms with Crippen LogP contribution < -0.4 is 16.0 Å². The van der Waals surface area contributed by atoms with Gasteiger partial charge < -0.3 is 16.0 Å². The number of nitrogens with one attached hydrogen (secondary N) is 3. The van der Waals surface area contributed by atoms with E-state index in [4.69, 9.17) is 24.4 Å². The summed E-state index contributed by atoms with van der Waals surface area (Å²) < 4.78 is 1.55. The van der Waals surface area contributed by atoms with Crippen LogP contribution in [0.1, 0.15) is 41.5 Å². The molecular formula is C16H37CaN3PS6+3. The molecular weight excluding hydrogens is 498 g/mol. The molecule has 3 nitrogen and oxygen atoms in total. The maximum Gasteiger partial charge on any atom is 2.00 e. The summed E-state index contributed by atoms with van der Waals surface area (Å²) in [6.07, 6.45) is 5.82. The Morgan fingerprint density at radius 1 is 0.778 bits per heavy atom. The van der Waals surface area contributed by atoms with Crippen LogP contribution in [0.4, 0.5) is 0 Å². The minimum absolute atomic E-state index is 0. The maximum absolute atomic E-state index is 4.73. The molecule has 0 heterocycles. The van der Waals surface area contributed by atoms with Gasteiger partial charge in [-0.3, -0.25) is 0 Å². The van der Waals surface area contributed by atoms with Gasteiger partial charge in [-0.15, -0.1) is 37.9 Å². The quantitative estimate of drug-likeness (QED) is 0.119. The Balaban J connectivity index is -0.000000150. The van der Waals surface area contributed by atoms with Crippen LogP contribution in [0.5, 0.6) is 0 Å². The zero-order valence-corrected chi connectivity index (χ0v) is 25.8. The number of hydrogen-bond donors (Lipinski definition) is 6. The minimum Gasteiger partial charge on any atom is -0.371 e. The van der Waals surface area contributed by atoms with E-state index in [-0.39, 0.29) is 43.8 Å². The first-order chi connectivity index (χ1) is 12.0. The molecule has 0 aliphatic carbocycles. The van der Waals surface area contributed by atoms with Gasteiger partial charge in [0.25, 0.3) is 0 Å². The van der Waals surface area contributed by atoms with Crippen molar-refractivity contribution in [1.29, 1.82) is 0 Å². The zero-order valence-electron chi connectivity index (χ0n) is 17.5. The number of rotatable bonds is 8. The molecule has 1 atom stereocenters. The van der Waals surface area contributed by atoms with Crippen LogP contribution in [-0.4, -0.2) is 94.5 Å². The third-order valence-electron chi connectivity index (χ3n) is 3.94. The summed E-state index contributed by atoms with van der Waals surface area (Å²) in [5.74, 6) is 0. The standard InChI is InChI=1S/C8H20P.C5H10N2S4.C3H7NS2.Ca/c1-5-9(6-2,7-3)8-4;1-3(7-5(10)11)2-6-4(8)9;1-2-4-3(5)6;/h5-8H2,1-4H3;3H,2H2,1H3,(H2,6,8,9)(H2,7,10,11);2H2,1H3,(H2,4,5,6);/q+1;;;+2. The average molecular weight is 535 g/mol. The van der Waals surface area contributed by atoms with E-state index in [1.807, 2.05) is 13.8 Å².